The molecule has 4 aliphatic heterocycles. The Hall–Kier alpha value is -3.32. The van der Waals surface area contributed by atoms with Gasteiger partial charge >= 0.3 is 0 Å². The van der Waals surface area contributed by atoms with Crippen LogP contribution in [-0.4, -0.2) is 50.1 Å². The van der Waals surface area contributed by atoms with Crippen LogP contribution in [0.15, 0.2) is 91.3 Å². The number of piperidine rings is 3. The highest BCUT2D eigenvalue weighted by atomic mass is 16.7. The minimum atomic E-state index is -0.127. The highest BCUT2D eigenvalue weighted by Crippen LogP contribution is 2.32. The van der Waals surface area contributed by atoms with E-state index in [1.54, 1.807) is 0 Å². The lowest BCUT2D eigenvalue weighted by Crippen LogP contribution is -2.51. The van der Waals surface area contributed by atoms with Crippen molar-refractivity contribution in [1.82, 2.24) is 10.2 Å². The van der Waals surface area contributed by atoms with Gasteiger partial charge in [-0.15, -0.1) is 0 Å². The summed E-state index contributed by atoms with van der Waals surface area (Å²) in [5.74, 6) is 2.08. The van der Waals surface area contributed by atoms with Crippen LogP contribution in [0.5, 0.6) is 5.75 Å². The number of nitrogens with one attached hydrogen (secondary N) is 1. The second-order valence-electron chi connectivity index (χ2n) is 10.8. The second-order valence-corrected chi connectivity index (χ2v) is 10.8. The number of hydrogen-bond acceptors (Lipinski definition) is 6. The van der Waals surface area contributed by atoms with Crippen molar-refractivity contribution in [3.05, 3.63) is 114 Å². The summed E-state index contributed by atoms with van der Waals surface area (Å²) in [7, 11) is 0. The molecule has 4 saturated heterocycles. The molecule has 4 heterocycles. The summed E-state index contributed by atoms with van der Waals surface area (Å²) < 4.78 is 23.7. The number of nitrogens with zero attached hydrogens (tertiary/aromatic N) is 1. The molecule has 0 saturated carbocycles. The number of benzene rings is 3. The second kappa shape index (κ2) is 12.2. The largest absolute Gasteiger partial charge is 0.489 e. The van der Waals surface area contributed by atoms with Gasteiger partial charge in [-0.2, -0.15) is 0 Å². The van der Waals surface area contributed by atoms with Crippen LogP contribution >= 0.6 is 0 Å². The number of hydrogen-bond donors (Lipinski definition) is 1. The summed E-state index contributed by atoms with van der Waals surface area (Å²) >= 11 is 0. The Kier molecular flexibility index (Phi) is 8.14. The van der Waals surface area contributed by atoms with E-state index in [0.29, 0.717) is 31.6 Å². The van der Waals surface area contributed by atoms with Gasteiger partial charge < -0.3 is 24.3 Å². The summed E-state index contributed by atoms with van der Waals surface area (Å²) in [5.41, 5.74) is 4.57. The quantitative estimate of drug-likeness (QED) is 0.336. The molecule has 2 atom stereocenters. The standard InChI is InChI=1S/C33H38N2O4/c1-24(39-31-22-35-16-14-27(31)15-17-35)34-33(28-6-3-2-4-7-28)29-8-5-9-30(21-29)38-23-26-12-10-25(11-13-26)20-32-36-18-19-37-32/h2-13,21,27,31-34H,1,14-20,22-23H2/t31-,33?/m0/s1. The normalized spacial score (nSPS) is 23.3. The van der Waals surface area contributed by atoms with Gasteiger partial charge in [0.2, 0.25) is 0 Å². The maximum Gasteiger partial charge on any atom is 0.180 e. The number of fused-ring (bicyclic) bond motifs is 3. The Morgan fingerprint density at radius 3 is 2.33 bits per heavy atom. The molecule has 0 aliphatic carbocycles. The molecule has 39 heavy (non-hydrogen) atoms. The molecule has 1 N–H and O–H groups in total. The molecule has 7 rings (SSSR count). The first kappa shape index (κ1) is 25.9. The minimum Gasteiger partial charge on any atom is -0.489 e. The molecule has 0 radical (unpaired) electrons. The molecule has 3 aromatic carbocycles. The van der Waals surface area contributed by atoms with Crippen LogP contribution < -0.4 is 10.1 Å². The van der Waals surface area contributed by atoms with Crippen LogP contribution in [0.25, 0.3) is 0 Å². The van der Waals surface area contributed by atoms with Crippen LogP contribution in [0.4, 0.5) is 0 Å². The van der Waals surface area contributed by atoms with Gasteiger partial charge in [0.15, 0.2) is 12.2 Å². The van der Waals surface area contributed by atoms with Crippen molar-refractivity contribution in [3.8, 4) is 5.75 Å². The monoisotopic (exact) mass is 526 g/mol. The van der Waals surface area contributed by atoms with Gasteiger partial charge in [-0.25, -0.2) is 0 Å². The van der Waals surface area contributed by atoms with Crippen molar-refractivity contribution in [1.29, 1.82) is 0 Å². The first-order valence-corrected chi connectivity index (χ1v) is 14.1. The summed E-state index contributed by atoms with van der Waals surface area (Å²) in [4.78, 5) is 2.50. The third kappa shape index (κ3) is 6.64. The highest BCUT2D eigenvalue weighted by Gasteiger charge is 2.36. The summed E-state index contributed by atoms with van der Waals surface area (Å²) in [6, 6.07) is 27.1. The first-order chi connectivity index (χ1) is 19.2. The van der Waals surface area contributed by atoms with Crippen LogP contribution in [0.1, 0.15) is 41.1 Å². The van der Waals surface area contributed by atoms with E-state index in [9.17, 15) is 0 Å². The van der Waals surface area contributed by atoms with Gasteiger partial charge in [0.25, 0.3) is 0 Å². The highest BCUT2D eigenvalue weighted by molar-refractivity contribution is 5.37. The average molecular weight is 527 g/mol. The molecule has 6 heteroatoms. The first-order valence-electron chi connectivity index (χ1n) is 14.1. The molecule has 1 unspecified atom stereocenters. The molecule has 4 aliphatic rings. The fourth-order valence-electron chi connectivity index (χ4n) is 5.87. The third-order valence-electron chi connectivity index (χ3n) is 8.04. The Morgan fingerprint density at radius 1 is 0.897 bits per heavy atom. The number of rotatable bonds is 11. The minimum absolute atomic E-state index is 0.0948. The Labute approximate surface area is 231 Å². The van der Waals surface area contributed by atoms with Gasteiger partial charge in [0.1, 0.15) is 18.5 Å². The molecule has 6 nitrogen and oxygen atoms in total. The van der Waals surface area contributed by atoms with Crippen LogP contribution in [0, 0.1) is 5.92 Å². The van der Waals surface area contributed by atoms with Crippen molar-refractivity contribution in [3.63, 3.8) is 0 Å². The molecule has 0 amide bonds. The fraction of sp³-hybridized carbons (Fsp3) is 0.394. The molecule has 2 bridgehead atoms. The molecule has 3 aromatic rings. The maximum absolute atomic E-state index is 6.39. The Morgan fingerprint density at radius 2 is 1.62 bits per heavy atom. The van der Waals surface area contributed by atoms with Gasteiger partial charge in [-0.3, -0.25) is 4.90 Å². The SMILES string of the molecule is C=C(NC(c1ccccc1)c1cccc(OCc2ccc(CC3OCCO3)cc2)c1)O[C@H]1CN2CCC1CC2. The molecule has 0 spiro atoms. The lowest BCUT2D eigenvalue weighted by Gasteiger charge is -2.44. The Balaban J connectivity index is 1.11. The van der Waals surface area contributed by atoms with E-state index in [2.05, 4.69) is 77.5 Å². The zero-order valence-electron chi connectivity index (χ0n) is 22.5. The van der Waals surface area contributed by atoms with E-state index in [0.717, 1.165) is 35.4 Å². The zero-order valence-corrected chi connectivity index (χ0v) is 22.5. The van der Waals surface area contributed by atoms with E-state index in [4.69, 9.17) is 18.9 Å². The van der Waals surface area contributed by atoms with E-state index in [1.165, 1.54) is 31.5 Å². The van der Waals surface area contributed by atoms with Crippen molar-refractivity contribution < 1.29 is 18.9 Å². The molecule has 4 fully saturated rings. The lowest BCUT2D eigenvalue weighted by atomic mass is 9.86. The molecular weight excluding hydrogens is 488 g/mol. The average Bonchev–Trinajstić information content (AvgIpc) is 3.50. The molecule has 0 aromatic heterocycles. The van der Waals surface area contributed by atoms with Gasteiger partial charge in [-0.1, -0.05) is 66.7 Å². The van der Waals surface area contributed by atoms with Crippen molar-refractivity contribution in [2.24, 2.45) is 5.92 Å². The van der Waals surface area contributed by atoms with Crippen molar-refractivity contribution >= 4 is 0 Å². The van der Waals surface area contributed by atoms with E-state index >= 15 is 0 Å². The smallest absolute Gasteiger partial charge is 0.180 e. The van der Waals surface area contributed by atoms with E-state index < -0.39 is 0 Å². The lowest BCUT2D eigenvalue weighted by molar-refractivity contribution is -0.0467. The maximum atomic E-state index is 6.39. The summed E-state index contributed by atoms with van der Waals surface area (Å²) in [6.45, 7) is 9.50. The van der Waals surface area contributed by atoms with Crippen LogP contribution in [0.3, 0.4) is 0 Å². The van der Waals surface area contributed by atoms with E-state index in [-0.39, 0.29) is 18.4 Å². The number of ether oxygens (including phenoxy) is 4. The Bertz CT molecular complexity index is 1220. The van der Waals surface area contributed by atoms with Crippen LogP contribution in [0.2, 0.25) is 0 Å². The van der Waals surface area contributed by atoms with Crippen molar-refractivity contribution in [2.75, 3.05) is 32.8 Å². The van der Waals surface area contributed by atoms with Crippen molar-refractivity contribution in [2.45, 2.75) is 44.3 Å². The summed E-state index contributed by atoms with van der Waals surface area (Å²) in [6.07, 6.45) is 3.28. The topological polar surface area (TPSA) is 52.2 Å². The van der Waals surface area contributed by atoms with E-state index in [1.807, 2.05) is 18.2 Å². The molecular formula is C33H38N2O4. The third-order valence-corrected chi connectivity index (χ3v) is 8.04. The van der Waals surface area contributed by atoms with Crippen LogP contribution in [-0.2, 0) is 27.2 Å². The predicted octanol–water partition coefficient (Wildman–Crippen LogP) is 5.44. The van der Waals surface area contributed by atoms with Gasteiger partial charge in [0, 0.05) is 13.0 Å². The molecule has 204 valence electrons. The summed E-state index contributed by atoms with van der Waals surface area (Å²) in [5, 5.41) is 3.58. The fourth-order valence-corrected chi connectivity index (χ4v) is 5.87. The predicted molar refractivity (Wildman–Crippen MR) is 151 cm³/mol. The van der Waals surface area contributed by atoms with Gasteiger partial charge in [-0.05, 0) is 72.8 Å². The van der Waals surface area contributed by atoms with Gasteiger partial charge in [0.05, 0.1) is 19.3 Å². The zero-order chi connectivity index (χ0) is 26.4.